The third-order valence-corrected chi connectivity index (χ3v) is 3.18. The molecule has 6 heteroatoms. The first-order chi connectivity index (χ1) is 9.70. The maximum Gasteiger partial charge on any atom is 0.270 e. The van der Waals surface area contributed by atoms with E-state index in [0.29, 0.717) is 5.56 Å². The number of anilines is 1. The second kappa shape index (κ2) is 6.79. The molecule has 1 heterocycles. The normalized spacial score (nSPS) is 10.5. The first-order valence-electron chi connectivity index (χ1n) is 6.85. The molecule has 0 spiro atoms. The van der Waals surface area contributed by atoms with Gasteiger partial charge in [0.1, 0.15) is 0 Å². The number of benzene rings is 1. The van der Waals surface area contributed by atoms with Gasteiger partial charge in [-0.25, -0.2) is 0 Å². The first-order valence-corrected chi connectivity index (χ1v) is 6.85. The highest BCUT2D eigenvalue weighted by molar-refractivity contribution is 6.04. The number of H-pyrrole nitrogens is 1. The SMILES string of the molecule is CCCCCc1ccc(C(=O)Nc2nn[nH]n2)c(C)c1. The second-order valence-corrected chi connectivity index (χ2v) is 4.80. The third kappa shape index (κ3) is 3.63. The highest BCUT2D eigenvalue weighted by Crippen LogP contribution is 2.14. The summed E-state index contributed by atoms with van der Waals surface area (Å²) in [6.07, 6.45) is 4.69. The van der Waals surface area contributed by atoms with Gasteiger partial charge in [0.05, 0.1) is 0 Å². The maximum atomic E-state index is 12.1. The topological polar surface area (TPSA) is 83.6 Å². The van der Waals surface area contributed by atoms with E-state index in [4.69, 9.17) is 0 Å². The van der Waals surface area contributed by atoms with Crippen molar-refractivity contribution in [3.63, 3.8) is 0 Å². The Morgan fingerprint density at radius 2 is 2.20 bits per heavy atom. The Kier molecular flexibility index (Phi) is 4.81. The van der Waals surface area contributed by atoms with E-state index in [9.17, 15) is 4.79 Å². The Hall–Kier alpha value is -2.24. The summed E-state index contributed by atoms with van der Waals surface area (Å²) in [5.41, 5.74) is 2.86. The molecule has 0 fully saturated rings. The molecule has 0 saturated carbocycles. The molecule has 0 atom stereocenters. The lowest BCUT2D eigenvalue weighted by atomic mass is 10.0. The van der Waals surface area contributed by atoms with Crippen molar-refractivity contribution in [3.8, 4) is 0 Å². The number of aromatic nitrogens is 4. The zero-order chi connectivity index (χ0) is 14.4. The number of rotatable bonds is 6. The number of aromatic amines is 1. The highest BCUT2D eigenvalue weighted by Gasteiger charge is 2.11. The van der Waals surface area contributed by atoms with Crippen LogP contribution in [0.5, 0.6) is 0 Å². The van der Waals surface area contributed by atoms with E-state index in [2.05, 4.69) is 38.9 Å². The maximum absolute atomic E-state index is 12.1. The van der Waals surface area contributed by atoms with Crippen molar-refractivity contribution in [3.05, 3.63) is 34.9 Å². The molecule has 0 saturated heterocycles. The predicted octanol–water partition coefficient (Wildman–Crippen LogP) is 2.49. The van der Waals surface area contributed by atoms with Crippen LogP contribution >= 0.6 is 0 Å². The van der Waals surface area contributed by atoms with Crippen molar-refractivity contribution in [2.75, 3.05) is 5.32 Å². The number of carbonyl (C=O) groups is 1. The quantitative estimate of drug-likeness (QED) is 0.792. The number of unbranched alkanes of at least 4 members (excludes halogenated alkanes) is 2. The molecule has 0 aliphatic carbocycles. The van der Waals surface area contributed by atoms with Crippen LogP contribution in [0.1, 0.15) is 47.7 Å². The number of nitrogens with zero attached hydrogens (tertiary/aromatic N) is 3. The van der Waals surface area contributed by atoms with E-state index in [-0.39, 0.29) is 11.9 Å². The summed E-state index contributed by atoms with van der Waals surface area (Å²) >= 11 is 0. The third-order valence-electron chi connectivity index (χ3n) is 3.18. The molecule has 6 nitrogen and oxygen atoms in total. The minimum Gasteiger partial charge on any atom is -0.288 e. The van der Waals surface area contributed by atoms with Gasteiger partial charge in [0.25, 0.3) is 11.9 Å². The zero-order valence-electron chi connectivity index (χ0n) is 11.8. The molecule has 20 heavy (non-hydrogen) atoms. The van der Waals surface area contributed by atoms with E-state index in [0.717, 1.165) is 12.0 Å². The summed E-state index contributed by atoms with van der Waals surface area (Å²) in [5.74, 6) is -0.0366. The van der Waals surface area contributed by atoms with Crippen molar-refractivity contribution in [1.29, 1.82) is 0 Å². The summed E-state index contributed by atoms with van der Waals surface area (Å²) in [6, 6.07) is 5.93. The van der Waals surface area contributed by atoms with Gasteiger partial charge in [0.15, 0.2) is 0 Å². The Bertz CT molecular complexity index is 565. The first kappa shape index (κ1) is 14.2. The Labute approximate surface area is 118 Å². The molecule has 0 bridgehead atoms. The van der Waals surface area contributed by atoms with Gasteiger partial charge in [-0.2, -0.15) is 5.21 Å². The summed E-state index contributed by atoms with van der Waals surface area (Å²) in [5, 5.41) is 15.7. The molecular formula is C14H19N5O. The number of carbonyl (C=O) groups excluding carboxylic acids is 1. The monoisotopic (exact) mass is 273 g/mol. The second-order valence-electron chi connectivity index (χ2n) is 4.80. The fourth-order valence-electron chi connectivity index (χ4n) is 2.10. The van der Waals surface area contributed by atoms with Crippen LogP contribution in [0.2, 0.25) is 0 Å². The van der Waals surface area contributed by atoms with Gasteiger partial charge in [0.2, 0.25) is 0 Å². The average molecular weight is 273 g/mol. The van der Waals surface area contributed by atoms with E-state index in [1.54, 1.807) is 0 Å². The lowest BCUT2D eigenvalue weighted by Gasteiger charge is -2.07. The molecule has 1 aromatic carbocycles. The molecular weight excluding hydrogens is 254 g/mol. The number of tetrazole rings is 1. The van der Waals surface area contributed by atoms with Gasteiger partial charge >= 0.3 is 0 Å². The van der Waals surface area contributed by atoms with Crippen molar-refractivity contribution in [2.24, 2.45) is 0 Å². The van der Waals surface area contributed by atoms with Crippen LogP contribution in [-0.2, 0) is 6.42 Å². The Morgan fingerprint density at radius 3 is 2.85 bits per heavy atom. The Balaban J connectivity index is 2.03. The van der Waals surface area contributed by atoms with Crippen molar-refractivity contribution in [2.45, 2.75) is 39.5 Å². The predicted molar refractivity (Wildman–Crippen MR) is 76.5 cm³/mol. The molecule has 0 aliphatic heterocycles. The zero-order valence-corrected chi connectivity index (χ0v) is 11.8. The van der Waals surface area contributed by atoms with Crippen molar-refractivity contribution >= 4 is 11.9 Å². The van der Waals surface area contributed by atoms with E-state index in [1.165, 1.54) is 24.8 Å². The van der Waals surface area contributed by atoms with Crippen molar-refractivity contribution < 1.29 is 4.79 Å². The summed E-state index contributed by atoms with van der Waals surface area (Å²) in [6.45, 7) is 4.13. The van der Waals surface area contributed by atoms with E-state index >= 15 is 0 Å². The minimum atomic E-state index is -0.219. The average Bonchev–Trinajstić information content (AvgIpc) is 2.92. The molecule has 1 amide bonds. The molecule has 106 valence electrons. The van der Waals surface area contributed by atoms with Gasteiger partial charge in [-0.15, -0.1) is 5.10 Å². The van der Waals surface area contributed by atoms with Crippen LogP contribution in [-0.4, -0.2) is 26.5 Å². The number of aryl methyl sites for hydroxylation is 2. The molecule has 2 rings (SSSR count). The van der Waals surface area contributed by atoms with Crippen LogP contribution < -0.4 is 5.32 Å². The summed E-state index contributed by atoms with van der Waals surface area (Å²) < 4.78 is 0. The van der Waals surface area contributed by atoms with E-state index < -0.39 is 0 Å². The van der Waals surface area contributed by atoms with Crippen LogP contribution in [0.15, 0.2) is 18.2 Å². The summed E-state index contributed by atoms with van der Waals surface area (Å²) in [7, 11) is 0. The minimum absolute atomic E-state index is 0.182. The molecule has 0 radical (unpaired) electrons. The smallest absolute Gasteiger partial charge is 0.270 e. The van der Waals surface area contributed by atoms with Crippen LogP contribution in [0.3, 0.4) is 0 Å². The standard InChI is InChI=1S/C14H19N5O/c1-3-4-5-6-11-7-8-12(10(2)9-11)13(20)15-14-16-18-19-17-14/h7-9H,3-6H2,1-2H3,(H2,15,16,17,18,19,20). The van der Waals surface area contributed by atoms with Crippen LogP contribution in [0.25, 0.3) is 0 Å². The Morgan fingerprint density at radius 1 is 1.35 bits per heavy atom. The van der Waals surface area contributed by atoms with Gasteiger partial charge in [0, 0.05) is 5.56 Å². The van der Waals surface area contributed by atoms with Gasteiger partial charge < -0.3 is 0 Å². The molecule has 2 aromatic rings. The number of amides is 1. The summed E-state index contributed by atoms with van der Waals surface area (Å²) in [4.78, 5) is 12.1. The van der Waals surface area contributed by atoms with E-state index in [1.807, 2.05) is 19.1 Å². The fraction of sp³-hybridized carbons (Fsp3) is 0.429. The lowest BCUT2D eigenvalue weighted by Crippen LogP contribution is -2.14. The van der Waals surface area contributed by atoms with Crippen LogP contribution in [0.4, 0.5) is 5.95 Å². The number of hydrogen-bond acceptors (Lipinski definition) is 4. The molecule has 1 aromatic heterocycles. The largest absolute Gasteiger partial charge is 0.288 e. The molecule has 0 unspecified atom stereocenters. The van der Waals surface area contributed by atoms with Crippen molar-refractivity contribution in [1.82, 2.24) is 20.6 Å². The van der Waals surface area contributed by atoms with Gasteiger partial charge in [-0.05, 0) is 42.2 Å². The number of hydrogen-bond donors (Lipinski definition) is 2. The molecule has 2 N–H and O–H groups in total. The van der Waals surface area contributed by atoms with Gasteiger partial charge in [-0.1, -0.05) is 37.0 Å². The number of nitrogens with one attached hydrogen (secondary N) is 2. The molecule has 0 aliphatic rings. The highest BCUT2D eigenvalue weighted by atomic mass is 16.1. The van der Waals surface area contributed by atoms with Crippen LogP contribution in [0, 0.1) is 6.92 Å². The fourth-order valence-corrected chi connectivity index (χ4v) is 2.10. The lowest BCUT2D eigenvalue weighted by molar-refractivity contribution is 0.102. The van der Waals surface area contributed by atoms with Gasteiger partial charge in [-0.3, -0.25) is 10.1 Å².